The Morgan fingerprint density at radius 1 is 1.07 bits per heavy atom. The van der Waals surface area contributed by atoms with Gasteiger partial charge in [0.05, 0.1) is 17.9 Å². The minimum atomic E-state index is -0.445. The molecule has 6 nitrogen and oxygen atoms in total. The minimum Gasteiger partial charge on any atom is -0.358 e. The summed E-state index contributed by atoms with van der Waals surface area (Å²) in [6.07, 6.45) is 0. The number of aromatic amines is 1. The molecule has 0 unspecified atom stereocenters. The highest BCUT2D eigenvalue weighted by Gasteiger charge is 2.24. The van der Waals surface area contributed by atoms with Crippen LogP contribution in [-0.2, 0) is 13.1 Å². The first-order chi connectivity index (χ1) is 13.4. The molecule has 2 N–H and O–H groups in total. The minimum absolute atomic E-state index is 0.364. The second-order valence-corrected chi connectivity index (χ2v) is 7.51. The number of hydrogen-bond donors (Lipinski definition) is 2. The molecule has 0 fully saturated rings. The summed E-state index contributed by atoms with van der Waals surface area (Å²) in [5, 5.41) is 3.96. The van der Waals surface area contributed by atoms with E-state index in [0.29, 0.717) is 36.2 Å². The summed E-state index contributed by atoms with van der Waals surface area (Å²) in [4.78, 5) is 29.6. The van der Waals surface area contributed by atoms with Crippen LogP contribution in [0.5, 0.6) is 0 Å². The zero-order valence-electron chi connectivity index (χ0n) is 15.8. The molecule has 144 valence electrons. The molecular formula is C21H21ClN4O2. The highest BCUT2D eigenvalue weighted by Crippen LogP contribution is 2.24. The van der Waals surface area contributed by atoms with Gasteiger partial charge in [-0.25, -0.2) is 9.36 Å². The average molecular weight is 397 g/mol. The third kappa shape index (κ3) is 3.37. The van der Waals surface area contributed by atoms with Gasteiger partial charge in [-0.1, -0.05) is 35.9 Å². The number of H-pyrrole nitrogens is 1. The first kappa shape index (κ1) is 18.5. The van der Waals surface area contributed by atoms with Crippen molar-refractivity contribution in [3.05, 3.63) is 90.6 Å². The second-order valence-electron chi connectivity index (χ2n) is 7.10. The number of aromatic nitrogens is 2. The lowest BCUT2D eigenvalue weighted by atomic mass is 10.1. The van der Waals surface area contributed by atoms with Gasteiger partial charge < -0.3 is 5.32 Å². The van der Waals surface area contributed by atoms with Crippen molar-refractivity contribution in [2.24, 2.45) is 0 Å². The fraction of sp³-hybridized carbons (Fsp3) is 0.238. The van der Waals surface area contributed by atoms with Crippen LogP contribution in [0.15, 0.2) is 52.1 Å². The van der Waals surface area contributed by atoms with Crippen LogP contribution in [0.2, 0.25) is 5.02 Å². The summed E-state index contributed by atoms with van der Waals surface area (Å²) in [6, 6.07) is 13.5. The number of anilines is 1. The van der Waals surface area contributed by atoms with Crippen LogP contribution in [0.25, 0.3) is 5.69 Å². The van der Waals surface area contributed by atoms with Crippen LogP contribution >= 0.6 is 11.6 Å². The number of rotatable bonds is 3. The zero-order chi connectivity index (χ0) is 19.8. The molecule has 0 spiro atoms. The van der Waals surface area contributed by atoms with Crippen LogP contribution in [0.4, 0.5) is 5.82 Å². The predicted molar refractivity (Wildman–Crippen MR) is 111 cm³/mol. The van der Waals surface area contributed by atoms with Crippen molar-refractivity contribution < 1.29 is 0 Å². The van der Waals surface area contributed by atoms with Crippen LogP contribution in [0.1, 0.15) is 22.3 Å². The third-order valence-corrected chi connectivity index (χ3v) is 5.53. The first-order valence-corrected chi connectivity index (χ1v) is 9.47. The van der Waals surface area contributed by atoms with E-state index in [1.54, 1.807) is 0 Å². The largest absolute Gasteiger partial charge is 0.358 e. The lowest BCUT2D eigenvalue weighted by Crippen LogP contribution is -2.42. The van der Waals surface area contributed by atoms with Crippen molar-refractivity contribution in [1.29, 1.82) is 0 Å². The van der Waals surface area contributed by atoms with Crippen molar-refractivity contribution in [2.75, 3.05) is 12.0 Å². The van der Waals surface area contributed by atoms with Gasteiger partial charge >= 0.3 is 5.69 Å². The summed E-state index contributed by atoms with van der Waals surface area (Å²) >= 11 is 6.27. The van der Waals surface area contributed by atoms with Gasteiger partial charge in [-0.05, 0) is 48.7 Å². The molecular weight excluding hydrogens is 376 g/mol. The predicted octanol–water partition coefficient (Wildman–Crippen LogP) is 3.18. The second kappa shape index (κ2) is 7.30. The molecule has 1 aliphatic heterocycles. The van der Waals surface area contributed by atoms with Crippen LogP contribution in [-0.4, -0.2) is 21.1 Å². The van der Waals surface area contributed by atoms with E-state index in [4.69, 9.17) is 11.6 Å². The fourth-order valence-corrected chi connectivity index (χ4v) is 3.66. The number of fused-ring (bicyclic) bond motifs is 1. The molecule has 2 heterocycles. The Hall–Kier alpha value is -2.83. The van der Waals surface area contributed by atoms with E-state index in [2.05, 4.69) is 15.2 Å². The van der Waals surface area contributed by atoms with Crippen molar-refractivity contribution in [1.82, 2.24) is 14.5 Å². The van der Waals surface area contributed by atoms with Crippen molar-refractivity contribution in [3.63, 3.8) is 0 Å². The molecule has 0 bridgehead atoms. The Balaban J connectivity index is 1.73. The van der Waals surface area contributed by atoms with Crippen molar-refractivity contribution in [3.8, 4) is 5.69 Å². The van der Waals surface area contributed by atoms with Gasteiger partial charge in [0.25, 0.3) is 5.56 Å². The van der Waals surface area contributed by atoms with Gasteiger partial charge in [0.1, 0.15) is 5.82 Å². The zero-order valence-corrected chi connectivity index (χ0v) is 16.5. The number of hydrogen-bond acceptors (Lipinski definition) is 4. The lowest BCUT2D eigenvalue weighted by Gasteiger charge is -2.31. The molecule has 0 atom stereocenters. The van der Waals surface area contributed by atoms with Gasteiger partial charge in [0.15, 0.2) is 0 Å². The normalized spacial score (nSPS) is 13.8. The van der Waals surface area contributed by atoms with Gasteiger partial charge in [0.2, 0.25) is 0 Å². The van der Waals surface area contributed by atoms with Crippen LogP contribution in [0.3, 0.4) is 0 Å². The highest BCUT2D eigenvalue weighted by atomic mass is 35.5. The third-order valence-electron chi connectivity index (χ3n) is 5.16. The van der Waals surface area contributed by atoms with Crippen LogP contribution in [0, 0.1) is 13.8 Å². The quantitative estimate of drug-likeness (QED) is 0.713. The molecule has 0 amide bonds. The molecule has 0 radical (unpaired) electrons. The SMILES string of the molecule is Cc1ccc(-n2c3c(c(=O)[nH]c2=O)CN(Cc2ccccc2Cl)CN3)cc1C. The highest BCUT2D eigenvalue weighted by molar-refractivity contribution is 6.31. The van der Waals surface area contributed by atoms with E-state index in [0.717, 1.165) is 22.4 Å². The summed E-state index contributed by atoms with van der Waals surface area (Å²) in [5.41, 5.74) is 3.68. The van der Waals surface area contributed by atoms with Gasteiger partial charge in [0, 0.05) is 18.1 Å². The Morgan fingerprint density at radius 2 is 1.86 bits per heavy atom. The Morgan fingerprint density at radius 3 is 2.61 bits per heavy atom. The van der Waals surface area contributed by atoms with E-state index >= 15 is 0 Å². The molecule has 2 aromatic carbocycles. The van der Waals surface area contributed by atoms with Gasteiger partial charge in [-0.15, -0.1) is 0 Å². The average Bonchev–Trinajstić information content (AvgIpc) is 2.67. The van der Waals surface area contributed by atoms with Crippen LogP contribution < -0.4 is 16.6 Å². The molecule has 0 saturated heterocycles. The fourth-order valence-electron chi connectivity index (χ4n) is 3.46. The molecule has 1 aromatic heterocycles. The number of halogens is 1. The van der Waals surface area contributed by atoms with E-state index in [9.17, 15) is 9.59 Å². The molecule has 0 saturated carbocycles. The van der Waals surface area contributed by atoms with Gasteiger partial charge in [-0.2, -0.15) is 0 Å². The molecule has 4 rings (SSSR count). The Bertz CT molecular complexity index is 1170. The van der Waals surface area contributed by atoms with E-state index in [1.165, 1.54) is 4.57 Å². The molecule has 1 aliphatic rings. The maximum atomic E-state index is 12.6. The standard InChI is InChI=1S/C21H21ClN4O2/c1-13-7-8-16(9-14(13)2)26-19-17(20(27)24-21(26)28)11-25(12-23-19)10-15-5-3-4-6-18(15)22/h3-9,23H,10-12H2,1-2H3,(H,24,27,28). The Kier molecular flexibility index (Phi) is 4.83. The van der Waals surface area contributed by atoms with Gasteiger partial charge in [-0.3, -0.25) is 14.7 Å². The topological polar surface area (TPSA) is 70.1 Å². The molecule has 0 aliphatic carbocycles. The summed E-state index contributed by atoms with van der Waals surface area (Å²) in [5.74, 6) is 0.549. The summed E-state index contributed by atoms with van der Waals surface area (Å²) < 4.78 is 1.54. The molecule has 28 heavy (non-hydrogen) atoms. The van der Waals surface area contributed by atoms with E-state index in [1.807, 2.05) is 56.3 Å². The van der Waals surface area contributed by atoms with Crippen molar-refractivity contribution in [2.45, 2.75) is 26.9 Å². The summed E-state index contributed by atoms with van der Waals surface area (Å²) in [7, 11) is 0. The monoisotopic (exact) mass is 396 g/mol. The maximum absolute atomic E-state index is 12.6. The first-order valence-electron chi connectivity index (χ1n) is 9.09. The summed E-state index contributed by atoms with van der Waals surface area (Å²) in [6.45, 7) is 5.56. The lowest BCUT2D eigenvalue weighted by molar-refractivity contribution is 0.263. The van der Waals surface area contributed by atoms with Crippen molar-refractivity contribution >= 4 is 17.4 Å². The number of nitrogens with one attached hydrogen (secondary N) is 2. The smallest absolute Gasteiger partial charge is 0.334 e. The maximum Gasteiger partial charge on any atom is 0.334 e. The van der Waals surface area contributed by atoms with E-state index in [-0.39, 0.29) is 5.56 Å². The molecule has 7 heteroatoms. The number of benzene rings is 2. The molecule has 3 aromatic rings. The number of nitrogens with zero attached hydrogens (tertiary/aromatic N) is 2. The number of aryl methyl sites for hydroxylation is 2. The van der Waals surface area contributed by atoms with E-state index < -0.39 is 5.69 Å². The Labute approximate surface area is 167 Å².